The summed E-state index contributed by atoms with van der Waals surface area (Å²) in [5.74, 6) is -3.80. The number of alkyl halides is 2. The molecule has 0 spiro atoms. The molecule has 1 aliphatic rings. The van der Waals surface area contributed by atoms with Gasteiger partial charge in [0.15, 0.2) is 0 Å². The average Bonchev–Trinajstić information content (AvgIpc) is 2.98. The molecule has 1 fully saturated rings. The van der Waals surface area contributed by atoms with E-state index >= 15 is 0 Å². The van der Waals surface area contributed by atoms with Gasteiger partial charge < -0.3 is 19.9 Å². The molecule has 1 amide bonds. The molecule has 154 valence electrons. The van der Waals surface area contributed by atoms with E-state index in [0.717, 1.165) is 6.20 Å². The summed E-state index contributed by atoms with van der Waals surface area (Å²) in [5.41, 5.74) is -0.299. The van der Waals surface area contributed by atoms with E-state index in [2.05, 4.69) is 10.3 Å². The fourth-order valence-corrected chi connectivity index (χ4v) is 2.93. The molecule has 1 aromatic carbocycles. The van der Waals surface area contributed by atoms with Crippen LogP contribution in [-0.4, -0.2) is 45.7 Å². The molecule has 1 aromatic heterocycles. The monoisotopic (exact) mass is 409 g/mol. The Bertz CT molecular complexity index is 994. The zero-order chi connectivity index (χ0) is 21.2. The number of rotatable bonds is 6. The predicted octanol–water partition coefficient (Wildman–Crippen LogP) is 1.25. The van der Waals surface area contributed by atoms with Gasteiger partial charge in [0, 0.05) is 18.2 Å². The maximum Gasteiger partial charge on any atom is 0.351 e. The summed E-state index contributed by atoms with van der Waals surface area (Å²) in [7, 11) is 0. The Morgan fingerprint density at radius 3 is 2.83 bits per heavy atom. The first kappa shape index (κ1) is 20.6. The molecule has 0 aliphatic carbocycles. The lowest BCUT2D eigenvalue weighted by Crippen LogP contribution is -2.35. The van der Waals surface area contributed by atoms with Crippen LogP contribution in [0.1, 0.15) is 28.6 Å². The van der Waals surface area contributed by atoms with Gasteiger partial charge in [0.25, 0.3) is 18.3 Å². The number of anilines is 1. The third kappa shape index (κ3) is 4.30. The molecule has 0 radical (unpaired) electrons. The number of aromatic nitrogens is 2. The summed E-state index contributed by atoms with van der Waals surface area (Å²) in [6.45, 7) is 1.30. The van der Waals surface area contributed by atoms with Crippen molar-refractivity contribution in [3.8, 4) is 5.75 Å². The number of carbonyl (C=O) groups is 2. The second kappa shape index (κ2) is 8.05. The van der Waals surface area contributed by atoms with Crippen LogP contribution in [0, 0.1) is 6.92 Å². The minimum atomic E-state index is -3.35. The van der Waals surface area contributed by atoms with Gasteiger partial charge in [0.1, 0.15) is 11.6 Å². The van der Waals surface area contributed by atoms with E-state index in [0.29, 0.717) is 10.1 Å². The molecule has 1 saturated heterocycles. The number of aliphatic hydroxyl groups excluding tert-OH is 1. The SMILES string of the molecule is Cc1cc(C(=O)Nc2ccn(C3OC(CO)CC3(F)F)c(=O)n2)ccc1OC=O. The van der Waals surface area contributed by atoms with Crippen LogP contribution in [0.3, 0.4) is 0 Å². The summed E-state index contributed by atoms with van der Waals surface area (Å²) in [5, 5.41) is 11.4. The number of halogens is 2. The fraction of sp³-hybridized carbons (Fsp3) is 0.333. The highest BCUT2D eigenvalue weighted by molar-refractivity contribution is 6.03. The second-order valence-electron chi connectivity index (χ2n) is 6.41. The van der Waals surface area contributed by atoms with Crippen LogP contribution < -0.4 is 15.7 Å². The maximum absolute atomic E-state index is 14.0. The lowest BCUT2D eigenvalue weighted by Gasteiger charge is -2.19. The lowest BCUT2D eigenvalue weighted by molar-refractivity contribution is -0.120. The van der Waals surface area contributed by atoms with Gasteiger partial charge in [-0.2, -0.15) is 4.98 Å². The van der Waals surface area contributed by atoms with Gasteiger partial charge in [-0.3, -0.25) is 14.2 Å². The normalized spacial score (nSPS) is 20.3. The zero-order valence-corrected chi connectivity index (χ0v) is 15.2. The van der Waals surface area contributed by atoms with E-state index in [1.165, 1.54) is 24.3 Å². The maximum atomic E-state index is 14.0. The van der Waals surface area contributed by atoms with Crippen molar-refractivity contribution in [3.05, 3.63) is 52.1 Å². The Balaban J connectivity index is 1.77. The topological polar surface area (TPSA) is 120 Å². The summed E-state index contributed by atoms with van der Waals surface area (Å²) < 4.78 is 38.5. The van der Waals surface area contributed by atoms with E-state index in [1.807, 2.05) is 0 Å². The molecule has 1 aliphatic heterocycles. The van der Waals surface area contributed by atoms with Crippen LogP contribution in [0.25, 0.3) is 0 Å². The molecular formula is C18H17F2N3O6. The molecule has 9 nitrogen and oxygen atoms in total. The highest BCUT2D eigenvalue weighted by Crippen LogP contribution is 2.41. The molecule has 2 aromatic rings. The minimum absolute atomic E-state index is 0.137. The van der Waals surface area contributed by atoms with Crippen LogP contribution in [-0.2, 0) is 9.53 Å². The Kier molecular flexibility index (Phi) is 5.71. The van der Waals surface area contributed by atoms with Crippen LogP contribution in [0.4, 0.5) is 14.6 Å². The van der Waals surface area contributed by atoms with E-state index in [4.69, 9.17) is 14.6 Å². The van der Waals surface area contributed by atoms with Crippen molar-refractivity contribution < 1.29 is 33.0 Å². The molecule has 0 saturated carbocycles. The van der Waals surface area contributed by atoms with Crippen molar-refractivity contribution in [2.45, 2.75) is 31.6 Å². The molecular weight excluding hydrogens is 392 g/mol. The highest BCUT2D eigenvalue weighted by Gasteiger charge is 2.51. The molecule has 0 bridgehead atoms. The number of nitrogens with one attached hydrogen (secondary N) is 1. The number of carbonyl (C=O) groups excluding carboxylic acids is 2. The quantitative estimate of drug-likeness (QED) is 0.689. The summed E-state index contributed by atoms with van der Waals surface area (Å²) >= 11 is 0. The number of nitrogens with zero attached hydrogens (tertiary/aromatic N) is 2. The zero-order valence-electron chi connectivity index (χ0n) is 15.2. The highest BCUT2D eigenvalue weighted by atomic mass is 19.3. The third-order valence-corrected chi connectivity index (χ3v) is 4.32. The molecule has 11 heteroatoms. The van der Waals surface area contributed by atoms with Gasteiger partial charge in [0.05, 0.1) is 12.7 Å². The predicted molar refractivity (Wildman–Crippen MR) is 94.9 cm³/mol. The van der Waals surface area contributed by atoms with Gasteiger partial charge in [0.2, 0.25) is 6.23 Å². The van der Waals surface area contributed by atoms with E-state index < -0.39 is 42.9 Å². The first-order chi connectivity index (χ1) is 13.7. The fourth-order valence-electron chi connectivity index (χ4n) is 2.93. The third-order valence-electron chi connectivity index (χ3n) is 4.32. The summed E-state index contributed by atoms with van der Waals surface area (Å²) in [6, 6.07) is 5.49. The number of benzene rings is 1. The first-order valence-corrected chi connectivity index (χ1v) is 8.51. The van der Waals surface area contributed by atoms with Gasteiger partial charge >= 0.3 is 5.69 Å². The van der Waals surface area contributed by atoms with Crippen molar-refractivity contribution in [2.75, 3.05) is 11.9 Å². The van der Waals surface area contributed by atoms with Crippen molar-refractivity contribution in [2.24, 2.45) is 0 Å². The van der Waals surface area contributed by atoms with Crippen LogP contribution in [0.15, 0.2) is 35.3 Å². The van der Waals surface area contributed by atoms with Gasteiger partial charge in [-0.15, -0.1) is 0 Å². The molecule has 2 atom stereocenters. The first-order valence-electron chi connectivity index (χ1n) is 8.51. The summed E-state index contributed by atoms with van der Waals surface area (Å²) in [6.07, 6.45) is -2.66. The van der Waals surface area contributed by atoms with Crippen LogP contribution >= 0.6 is 0 Å². The largest absolute Gasteiger partial charge is 0.428 e. The number of aliphatic hydroxyl groups is 1. The number of ether oxygens (including phenoxy) is 2. The van der Waals surface area contributed by atoms with Crippen molar-refractivity contribution in [3.63, 3.8) is 0 Å². The molecule has 29 heavy (non-hydrogen) atoms. The van der Waals surface area contributed by atoms with Gasteiger partial charge in [-0.25, -0.2) is 13.6 Å². The van der Waals surface area contributed by atoms with Crippen molar-refractivity contribution >= 4 is 18.2 Å². The molecule has 2 heterocycles. The Labute approximate surface area is 162 Å². The number of amides is 1. The number of aryl methyl sites for hydroxylation is 1. The van der Waals surface area contributed by atoms with Crippen molar-refractivity contribution in [1.29, 1.82) is 0 Å². The van der Waals surface area contributed by atoms with Gasteiger partial charge in [-0.05, 0) is 36.8 Å². The summed E-state index contributed by atoms with van der Waals surface area (Å²) in [4.78, 5) is 38.5. The lowest BCUT2D eigenvalue weighted by atomic mass is 10.1. The second-order valence-corrected chi connectivity index (χ2v) is 6.41. The molecule has 2 N–H and O–H groups in total. The Morgan fingerprint density at radius 1 is 1.48 bits per heavy atom. The number of hydrogen-bond donors (Lipinski definition) is 2. The molecule has 2 unspecified atom stereocenters. The van der Waals surface area contributed by atoms with E-state index in [9.17, 15) is 23.2 Å². The average molecular weight is 409 g/mol. The smallest absolute Gasteiger partial charge is 0.351 e. The van der Waals surface area contributed by atoms with E-state index in [1.54, 1.807) is 6.92 Å². The van der Waals surface area contributed by atoms with Crippen LogP contribution in [0.2, 0.25) is 0 Å². The minimum Gasteiger partial charge on any atom is -0.428 e. The number of hydrogen-bond acceptors (Lipinski definition) is 7. The van der Waals surface area contributed by atoms with Crippen molar-refractivity contribution in [1.82, 2.24) is 9.55 Å². The van der Waals surface area contributed by atoms with E-state index in [-0.39, 0.29) is 23.6 Å². The van der Waals surface area contributed by atoms with Gasteiger partial charge in [-0.1, -0.05) is 0 Å². The standard InChI is InChI=1S/C18H17F2N3O6/c1-10-6-11(2-3-13(10)28-9-25)15(26)21-14-4-5-23(17(27)22-14)16-18(19,20)7-12(8-24)29-16/h2-6,9,12,16,24H,7-8H2,1H3,(H,21,22,26,27). The molecule has 3 rings (SSSR count). The Morgan fingerprint density at radius 2 is 2.24 bits per heavy atom. The van der Waals surface area contributed by atoms with Crippen LogP contribution in [0.5, 0.6) is 5.75 Å². The Hall–Kier alpha value is -3.18.